The van der Waals surface area contributed by atoms with Gasteiger partial charge in [0.2, 0.25) is 0 Å². The van der Waals surface area contributed by atoms with Crippen molar-refractivity contribution in [3.8, 4) is 0 Å². The van der Waals surface area contributed by atoms with Gasteiger partial charge in [-0.1, -0.05) is 0 Å². The standard InChI is InChI=1S/C12H20N4O/c1-12(2,8-13)15-11(17)9-5-6-10(14-7-9)16(3)4/h5-7H,8,13H2,1-4H3,(H,15,17). The molecule has 0 aromatic carbocycles. The molecular weight excluding hydrogens is 216 g/mol. The summed E-state index contributed by atoms with van der Waals surface area (Å²) >= 11 is 0. The Hall–Kier alpha value is -1.62. The molecule has 0 fully saturated rings. The summed E-state index contributed by atoms with van der Waals surface area (Å²) in [6.45, 7) is 4.15. The predicted octanol–water partition coefficient (Wildman–Crippen LogP) is 0.615. The number of pyridine rings is 1. The molecule has 94 valence electrons. The number of hydrogen-bond acceptors (Lipinski definition) is 4. The molecule has 0 atom stereocenters. The normalized spacial score (nSPS) is 11.1. The molecule has 1 rings (SSSR count). The van der Waals surface area contributed by atoms with Crippen LogP contribution in [0.3, 0.4) is 0 Å². The average Bonchev–Trinajstić information content (AvgIpc) is 2.28. The van der Waals surface area contributed by atoms with Crippen molar-refractivity contribution in [2.45, 2.75) is 19.4 Å². The minimum atomic E-state index is -0.405. The van der Waals surface area contributed by atoms with E-state index in [1.165, 1.54) is 0 Å². The molecule has 0 aliphatic rings. The quantitative estimate of drug-likeness (QED) is 0.803. The van der Waals surface area contributed by atoms with E-state index in [1.807, 2.05) is 38.9 Å². The lowest BCUT2D eigenvalue weighted by Gasteiger charge is -2.24. The van der Waals surface area contributed by atoms with Crippen LogP contribution in [0.2, 0.25) is 0 Å². The zero-order valence-corrected chi connectivity index (χ0v) is 10.8. The van der Waals surface area contributed by atoms with Gasteiger partial charge in [0.1, 0.15) is 5.82 Å². The zero-order chi connectivity index (χ0) is 13.1. The van der Waals surface area contributed by atoms with Crippen LogP contribution in [0.4, 0.5) is 5.82 Å². The Morgan fingerprint density at radius 1 is 1.47 bits per heavy atom. The molecule has 0 aliphatic heterocycles. The summed E-state index contributed by atoms with van der Waals surface area (Å²) < 4.78 is 0. The summed E-state index contributed by atoms with van der Waals surface area (Å²) in [6, 6.07) is 3.56. The Labute approximate surface area is 102 Å². The number of nitrogens with one attached hydrogen (secondary N) is 1. The number of hydrogen-bond donors (Lipinski definition) is 2. The van der Waals surface area contributed by atoms with Crippen molar-refractivity contribution in [3.05, 3.63) is 23.9 Å². The Bertz CT molecular complexity index is 384. The van der Waals surface area contributed by atoms with Crippen molar-refractivity contribution in [2.24, 2.45) is 5.73 Å². The summed E-state index contributed by atoms with van der Waals surface area (Å²) in [6.07, 6.45) is 1.57. The van der Waals surface area contributed by atoms with Crippen molar-refractivity contribution in [1.29, 1.82) is 0 Å². The van der Waals surface area contributed by atoms with Crippen molar-refractivity contribution in [1.82, 2.24) is 10.3 Å². The van der Waals surface area contributed by atoms with E-state index in [1.54, 1.807) is 12.3 Å². The minimum absolute atomic E-state index is 0.154. The van der Waals surface area contributed by atoms with E-state index in [2.05, 4.69) is 10.3 Å². The summed E-state index contributed by atoms with van der Waals surface area (Å²) in [4.78, 5) is 17.9. The van der Waals surface area contributed by atoms with Crippen LogP contribution in [0.15, 0.2) is 18.3 Å². The number of rotatable bonds is 4. The number of nitrogens with two attached hydrogens (primary N) is 1. The van der Waals surface area contributed by atoms with Crippen molar-refractivity contribution >= 4 is 11.7 Å². The lowest BCUT2D eigenvalue weighted by atomic mass is 10.1. The van der Waals surface area contributed by atoms with E-state index in [0.29, 0.717) is 12.1 Å². The number of carbonyl (C=O) groups is 1. The SMILES string of the molecule is CN(C)c1ccc(C(=O)NC(C)(C)CN)cn1. The minimum Gasteiger partial charge on any atom is -0.363 e. The lowest BCUT2D eigenvalue weighted by molar-refractivity contribution is 0.0915. The van der Waals surface area contributed by atoms with Crippen LogP contribution in [0.25, 0.3) is 0 Å². The fourth-order valence-corrected chi connectivity index (χ4v) is 1.22. The van der Waals surface area contributed by atoms with Gasteiger partial charge in [0.15, 0.2) is 0 Å². The molecule has 0 aliphatic carbocycles. The van der Waals surface area contributed by atoms with Gasteiger partial charge in [-0.15, -0.1) is 0 Å². The molecule has 17 heavy (non-hydrogen) atoms. The van der Waals surface area contributed by atoms with Gasteiger partial charge in [0.25, 0.3) is 5.91 Å². The fourth-order valence-electron chi connectivity index (χ4n) is 1.22. The Morgan fingerprint density at radius 2 is 2.12 bits per heavy atom. The van der Waals surface area contributed by atoms with Gasteiger partial charge in [0, 0.05) is 32.4 Å². The molecule has 1 amide bonds. The highest BCUT2D eigenvalue weighted by atomic mass is 16.1. The fraction of sp³-hybridized carbons (Fsp3) is 0.500. The van der Waals surface area contributed by atoms with Gasteiger partial charge in [0.05, 0.1) is 5.56 Å². The van der Waals surface area contributed by atoms with E-state index in [0.717, 1.165) is 5.82 Å². The number of amides is 1. The van der Waals surface area contributed by atoms with Crippen LogP contribution in [0.1, 0.15) is 24.2 Å². The van der Waals surface area contributed by atoms with Crippen LogP contribution in [0.5, 0.6) is 0 Å². The first-order valence-electron chi connectivity index (χ1n) is 5.52. The second-order valence-electron chi connectivity index (χ2n) is 4.84. The first-order chi connectivity index (χ1) is 7.85. The maximum atomic E-state index is 11.9. The Morgan fingerprint density at radius 3 is 2.53 bits per heavy atom. The van der Waals surface area contributed by atoms with Crippen LogP contribution < -0.4 is 16.0 Å². The van der Waals surface area contributed by atoms with Gasteiger partial charge in [-0.3, -0.25) is 4.79 Å². The van der Waals surface area contributed by atoms with Gasteiger partial charge in [-0.25, -0.2) is 4.98 Å². The van der Waals surface area contributed by atoms with Crippen LogP contribution in [0, 0.1) is 0 Å². The second-order valence-corrected chi connectivity index (χ2v) is 4.84. The van der Waals surface area contributed by atoms with Crippen molar-refractivity contribution < 1.29 is 4.79 Å². The second kappa shape index (κ2) is 5.14. The lowest BCUT2D eigenvalue weighted by Crippen LogP contribution is -2.48. The molecule has 0 spiro atoms. The summed E-state index contributed by atoms with van der Waals surface area (Å²) in [5.74, 6) is 0.665. The molecule has 1 heterocycles. The summed E-state index contributed by atoms with van der Waals surface area (Å²) in [5.41, 5.74) is 5.69. The molecule has 5 nitrogen and oxygen atoms in total. The number of carbonyl (C=O) groups excluding carboxylic acids is 1. The molecule has 0 bridgehead atoms. The first kappa shape index (κ1) is 13.4. The van der Waals surface area contributed by atoms with E-state index >= 15 is 0 Å². The van der Waals surface area contributed by atoms with Gasteiger partial charge < -0.3 is 16.0 Å². The molecule has 1 aromatic rings. The van der Waals surface area contributed by atoms with Crippen molar-refractivity contribution in [2.75, 3.05) is 25.5 Å². The molecule has 0 saturated carbocycles. The Kier molecular flexibility index (Phi) is 4.07. The Balaban J connectivity index is 2.77. The zero-order valence-electron chi connectivity index (χ0n) is 10.8. The van der Waals surface area contributed by atoms with Gasteiger partial charge in [-0.05, 0) is 26.0 Å². The van der Waals surface area contributed by atoms with Crippen molar-refractivity contribution in [3.63, 3.8) is 0 Å². The maximum absolute atomic E-state index is 11.9. The molecule has 5 heteroatoms. The van der Waals surface area contributed by atoms with Crippen LogP contribution >= 0.6 is 0 Å². The molecule has 0 radical (unpaired) electrons. The molecule has 0 saturated heterocycles. The molecular formula is C12H20N4O. The van der Waals surface area contributed by atoms with E-state index in [9.17, 15) is 4.79 Å². The largest absolute Gasteiger partial charge is 0.363 e. The summed E-state index contributed by atoms with van der Waals surface area (Å²) in [7, 11) is 3.80. The number of anilines is 1. The van der Waals surface area contributed by atoms with Crippen LogP contribution in [-0.4, -0.2) is 37.1 Å². The third kappa shape index (κ3) is 3.71. The van der Waals surface area contributed by atoms with Gasteiger partial charge in [-0.2, -0.15) is 0 Å². The average molecular weight is 236 g/mol. The maximum Gasteiger partial charge on any atom is 0.253 e. The molecule has 1 aromatic heterocycles. The third-order valence-corrected chi connectivity index (χ3v) is 2.43. The highest BCUT2D eigenvalue weighted by Gasteiger charge is 2.19. The molecule has 3 N–H and O–H groups in total. The topological polar surface area (TPSA) is 71.2 Å². The molecule has 0 unspecified atom stereocenters. The summed E-state index contributed by atoms with van der Waals surface area (Å²) in [5, 5.41) is 2.85. The predicted molar refractivity (Wildman–Crippen MR) is 69.2 cm³/mol. The van der Waals surface area contributed by atoms with E-state index < -0.39 is 5.54 Å². The monoisotopic (exact) mass is 236 g/mol. The van der Waals surface area contributed by atoms with E-state index in [-0.39, 0.29) is 5.91 Å². The highest BCUT2D eigenvalue weighted by molar-refractivity contribution is 5.94. The number of aromatic nitrogens is 1. The van der Waals surface area contributed by atoms with E-state index in [4.69, 9.17) is 5.73 Å². The first-order valence-corrected chi connectivity index (χ1v) is 5.52. The number of nitrogens with zero attached hydrogens (tertiary/aromatic N) is 2. The van der Waals surface area contributed by atoms with Gasteiger partial charge >= 0.3 is 0 Å². The third-order valence-electron chi connectivity index (χ3n) is 2.43. The smallest absolute Gasteiger partial charge is 0.253 e. The van der Waals surface area contributed by atoms with Crippen LogP contribution in [-0.2, 0) is 0 Å². The highest BCUT2D eigenvalue weighted by Crippen LogP contribution is 2.09.